The fourth-order valence-corrected chi connectivity index (χ4v) is 3.72. The van der Waals surface area contributed by atoms with E-state index in [2.05, 4.69) is 20.4 Å². The monoisotopic (exact) mass is 460 g/mol. The number of nitrogens with one attached hydrogen (secondary N) is 1. The van der Waals surface area contributed by atoms with E-state index < -0.39 is 0 Å². The second kappa shape index (κ2) is 8.71. The van der Waals surface area contributed by atoms with Crippen LogP contribution in [0.25, 0.3) is 11.3 Å². The number of halogens is 4. The second-order valence-corrected chi connectivity index (χ2v) is 7.27. The minimum atomic E-state index is 0. The number of rotatable bonds is 5. The van der Waals surface area contributed by atoms with E-state index in [0.29, 0.717) is 58.3 Å². The first-order valence-corrected chi connectivity index (χ1v) is 9.31. The topological polar surface area (TPSA) is 90.9 Å². The van der Waals surface area contributed by atoms with E-state index in [1.165, 1.54) is 0 Å². The van der Waals surface area contributed by atoms with Crippen molar-refractivity contribution in [3.63, 3.8) is 0 Å². The summed E-state index contributed by atoms with van der Waals surface area (Å²) in [7, 11) is 0. The molecule has 0 spiro atoms. The molecular formula is C17H16Cl4N6O. The summed E-state index contributed by atoms with van der Waals surface area (Å²) in [6.45, 7) is 2.14. The highest BCUT2D eigenvalue weighted by Crippen LogP contribution is 2.41. The second-order valence-electron chi connectivity index (χ2n) is 5.99. The minimum Gasteiger partial charge on any atom is -1.00 e. The Hall–Kier alpha value is -1.77. The van der Waals surface area contributed by atoms with E-state index in [1.807, 2.05) is 0 Å². The number of nitrogen functional groups attached to an aromatic ring is 1. The van der Waals surface area contributed by atoms with Crippen molar-refractivity contribution >= 4 is 40.8 Å². The third-order valence-electron chi connectivity index (χ3n) is 4.14. The van der Waals surface area contributed by atoms with Crippen molar-refractivity contribution < 1.29 is 18.6 Å². The normalized spacial score (nSPS) is 12.5. The highest BCUT2D eigenvalue weighted by atomic mass is 35.5. The van der Waals surface area contributed by atoms with Gasteiger partial charge in [0, 0.05) is 29.9 Å². The van der Waals surface area contributed by atoms with Gasteiger partial charge in [-0.3, -0.25) is 4.68 Å². The van der Waals surface area contributed by atoms with Gasteiger partial charge in [-0.05, 0) is 12.1 Å². The summed E-state index contributed by atoms with van der Waals surface area (Å²) in [6, 6.07) is 3.37. The number of hydrogen-bond donors (Lipinski definition) is 2. The molecule has 3 N–H and O–H groups in total. The van der Waals surface area contributed by atoms with Gasteiger partial charge in [0.2, 0.25) is 5.95 Å². The smallest absolute Gasteiger partial charge is 1.00 e. The Bertz CT molecular complexity index is 1020. The van der Waals surface area contributed by atoms with E-state index >= 15 is 0 Å². The Balaban J connectivity index is 0.00000150. The average Bonchev–Trinajstić information content (AvgIpc) is 3.22. The number of ether oxygens (including phenoxy) is 1. The van der Waals surface area contributed by atoms with Gasteiger partial charge in [-0.1, -0.05) is 34.8 Å². The molecule has 1 aromatic carbocycles. The molecule has 4 rings (SSSR count). The lowest BCUT2D eigenvalue weighted by Crippen LogP contribution is -3.00. The quantitative estimate of drug-likeness (QED) is 0.580. The van der Waals surface area contributed by atoms with Crippen LogP contribution in [0.3, 0.4) is 0 Å². The van der Waals surface area contributed by atoms with Crippen molar-refractivity contribution in [1.29, 1.82) is 0 Å². The van der Waals surface area contributed by atoms with Crippen molar-refractivity contribution in [1.82, 2.24) is 25.1 Å². The summed E-state index contributed by atoms with van der Waals surface area (Å²) in [6.07, 6.45) is 3.30. The van der Waals surface area contributed by atoms with Crippen LogP contribution >= 0.6 is 34.8 Å². The van der Waals surface area contributed by atoms with Crippen LogP contribution in [0.5, 0.6) is 5.75 Å². The highest BCUT2D eigenvalue weighted by Gasteiger charge is 2.24. The first-order chi connectivity index (χ1) is 13.0. The molecule has 0 aliphatic carbocycles. The van der Waals surface area contributed by atoms with Crippen LogP contribution in [0.1, 0.15) is 12.7 Å². The molecule has 3 aromatic rings. The lowest BCUT2D eigenvalue weighted by atomic mass is 10.0. The summed E-state index contributed by atoms with van der Waals surface area (Å²) < 4.78 is 7.66. The van der Waals surface area contributed by atoms with Crippen LogP contribution in [0.2, 0.25) is 15.1 Å². The summed E-state index contributed by atoms with van der Waals surface area (Å²) in [5.74, 6) is 0.716. The standard InChI is InChI=1S/C17H15Cl3N6O.ClH/c18-9-3-12(20)15(16-11-6-22-7-13(11)24-17(21)25-16)14(4-9)27-2-1-26-8-10(19)5-23-26;/h3-5,8,22H,1-2,6-7H2,(H2,21,24,25);1H. The van der Waals surface area contributed by atoms with Crippen LogP contribution < -0.4 is 28.2 Å². The lowest BCUT2D eigenvalue weighted by molar-refractivity contribution is -0.00000598. The van der Waals surface area contributed by atoms with Gasteiger partial charge in [-0.25, -0.2) is 9.97 Å². The Morgan fingerprint density at radius 3 is 2.75 bits per heavy atom. The molecule has 0 atom stereocenters. The summed E-state index contributed by atoms with van der Waals surface area (Å²) in [5, 5.41) is 8.86. The van der Waals surface area contributed by atoms with Gasteiger partial charge >= 0.3 is 1.43 Å². The van der Waals surface area contributed by atoms with Gasteiger partial charge < -0.3 is 28.2 Å². The molecule has 0 fully saturated rings. The number of anilines is 1. The molecule has 0 amide bonds. The zero-order valence-corrected chi connectivity index (χ0v) is 17.4. The number of nitrogens with zero attached hydrogens (tertiary/aromatic N) is 4. The Kier molecular flexibility index (Phi) is 6.52. The number of aromatic nitrogens is 4. The molecule has 0 saturated carbocycles. The van der Waals surface area contributed by atoms with Gasteiger partial charge in [0.15, 0.2) is 0 Å². The lowest BCUT2D eigenvalue weighted by Gasteiger charge is -2.16. The molecule has 3 heterocycles. The highest BCUT2D eigenvalue weighted by molar-refractivity contribution is 6.37. The van der Waals surface area contributed by atoms with Crippen molar-refractivity contribution in [2.45, 2.75) is 19.6 Å². The SMILES string of the molecule is Nc1nc2c(c(-c3c(Cl)cc(Cl)cc3OCCn3cc(Cl)cn3)n1)CNC2.[Cl-].[H+]. The molecule has 1 aliphatic heterocycles. The van der Waals surface area contributed by atoms with E-state index in [-0.39, 0.29) is 19.8 Å². The predicted molar refractivity (Wildman–Crippen MR) is 106 cm³/mol. The van der Waals surface area contributed by atoms with Crippen LogP contribution in [-0.2, 0) is 19.6 Å². The van der Waals surface area contributed by atoms with Gasteiger partial charge in [0.05, 0.1) is 39.7 Å². The summed E-state index contributed by atoms with van der Waals surface area (Å²) in [4.78, 5) is 8.71. The first-order valence-electron chi connectivity index (χ1n) is 8.17. The molecule has 0 bridgehead atoms. The number of benzene rings is 1. The van der Waals surface area contributed by atoms with Crippen molar-refractivity contribution in [2.24, 2.45) is 0 Å². The molecular weight excluding hydrogens is 446 g/mol. The van der Waals surface area contributed by atoms with E-state index in [0.717, 1.165) is 11.3 Å². The molecule has 7 nitrogen and oxygen atoms in total. The number of fused-ring (bicyclic) bond motifs is 1. The van der Waals surface area contributed by atoms with Crippen molar-refractivity contribution in [3.05, 3.63) is 50.9 Å². The van der Waals surface area contributed by atoms with E-state index in [4.69, 9.17) is 45.3 Å². The number of nitrogens with two attached hydrogens (primary N) is 1. The molecule has 148 valence electrons. The molecule has 11 heteroatoms. The van der Waals surface area contributed by atoms with Gasteiger partial charge in [-0.2, -0.15) is 5.10 Å². The maximum atomic E-state index is 6.50. The van der Waals surface area contributed by atoms with Crippen LogP contribution in [-0.4, -0.2) is 26.4 Å². The third-order valence-corrected chi connectivity index (χ3v) is 4.85. The van der Waals surface area contributed by atoms with E-state index in [9.17, 15) is 0 Å². The number of hydrogen-bond acceptors (Lipinski definition) is 6. The fraction of sp³-hybridized carbons (Fsp3) is 0.235. The molecule has 1 aliphatic rings. The van der Waals surface area contributed by atoms with Crippen LogP contribution in [0.15, 0.2) is 24.5 Å². The fourth-order valence-electron chi connectivity index (χ4n) is 3.00. The van der Waals surface area contributed by atoms with Crippen LogP contribution in [0, 0.1) is 0 Å². The molecule has 0 unspecified atom stereocenters. The Morgan fingerprint density at radius 2 is 2.00 bits per heavy atom. The minimum absolute atomic E-state index is 0. The van der Waals surface area contributed by atoms with Crippen molar-refractivity contribution in [2.75, 3.05) is 12.3 Å². The van der Waals surface area contributed by atoms with Crippen LogP contribution in [0.4, 0.5) is 5.95 Å². The van der Waals surface area contributed by atoms with Gasteiger partial charge in [-0.15, -0.1) is 0 Å². The maximum absolute atomic E-state index is 6.50. The zero-order valence-electron chi connectivity index (χ0n) is 15.4. The maximum Gasteiger partial charge on any atom is 1.00 e. The summed E-state index contributed by atoms with van der Waals surface area (Å²) >= 11 is 18.6. The van der Waals surface area contributed by atoms with Gasteiger partial charge in [0.1, 0.15) is 12.4 Å². The summed E-state index contributed by atoms with van der Waals surface area (Å²) in [5.41, 5.74) is 9.01. The molecule has 2 aromatic heterocycles. The van der Waals surface area contributed by atoms with E-state index in [1.54, 1.807) is 29.2 Å². The molecule has 0 radical (unpaired) electrons. The molecule has 28 heavy (non-hydrogen) atoms. The van der Waals surface area contributed by atoms with Gasteiger partial charge in [0.25, 0.3) is 0 Å². The average molecular weight is 462 g/mol. The zero-order chi connectivity index (χ0) is 19.0. The largest absolute Gasteiger partial charge is 1.00 e. The Morgan fingerprint density at radius 1 is 1.18 bits per heavy atom. The first kappa shape index (κ1) is 21.0. The third kappa shape index (κ3) is 4.29. The predicted octanol–water partition coefficient (Wildman–Crippen LogP) is 0.681. The van der Waals surface area contributed by atoms with Crippen molar-refractivity contribution in [3.8, 4) is 17.0 Å². The molecule has 0 saturated heterocycles. The Labute approximate surface area is 184 Å².